The molecule has 1 N–H and O–H groups in total. The predicted molar refractivity (Wildman–Crippen MR) is 40.9 cm³/mol. The molecule has 0 radical (unpaired) electrons. The van der Waals surface area contributed by atoms with E-state index in [4.69, 9.17) is 16.0 Å². The summed E-state index contributed by atoms with van der Waals surface area (Å²) in [5, 5.41) is 2.88. The van der Waals surface area contributed by atoms with E-state index in [1.807, 2.05) is 0 Å². The molecule has 5 heteroatoms. The highest BCUT2D eigenvalue weighted by atomic mass is 35.5. The van der Waals surface area contributed by atoms with Crippen molar-refractivity contribution in [2.24, 2.45) is 0 Å². The molecule has 1 aliphatic rings. The first-order valence-corrected chi connectivity index (χ1v) is 3.82. The smallest absolute Gasteiger partial charge is 0.407 e. The van der Waals surface area contributed by atoms with Crippen LogP contribution in [0.1, 0.15) is 11.8 Å². The van der Waals surface area contributed by atoms with E-state index in [-0.39, 0.29) is 6.04 Å². The van der Waals surface area contributed by atoms with E-state index in [9.17, 15) is 4.79 Å². The molecule has 1 fully saturated rings. The molecular formula is C7H6ClNO3. The van der Waals surface area contributed by atoms with Crippen LogP contribution in [0, 0.1) is 0 Å². The Labute approximate surface area is 73.4 Å². The monoisotopic (exact) mass is 187 g/mol. The molecule has 12 heavy (non-hydrogen) atoms. The van der Waals surface area contributed by atoms with Gasteiger partial charge >= 0.3 is 6.09 Å². The van der Waals surface area contributed by atoms with Crippen molar-refractivity contribution in [3.05, 3.63) is 23.1 Å². The van der Waals surface area contributed by atoms with Gasteiger partial charge in [-0.15, -0.1) is 0 Å². The molecule has 2 heterocycles. The predicted octanol–water partition coefficient (Wildman–Crippen LogP) is 1.71. The van der Waals surface area contributed by atoms with Crippen LogP contribution in [0.5, 0.6) is 0 Å². The molecule has 0 saturated carbocycles. The lowest BCUT2D eigenvalue weighted by atomic mass is 10.2. The first kappa shape index (κ1) is 7.49. The number of rotatable bonds is 1. The van der Waals surface area contributed by atoms with Crippen LogP contribution >= 0.6 is 11.6 Å². The van der Waals surface area contributed by atoms with Gasteiger partial charge in [-0.2, -0.15) is 0 Å². The molecule has 1 saturated heterocycles. The molecule has 1 aromatic heterocycles. The normalized spacial score (nSPS) is 22.1. The Balaban J connectivity index is 2.15. The SMILES string of the molecule is O=C1NC(c2ccc(Cl)o2)CO1. The number of amides is 1. The molecule has 0 bridgehead atoms. The van der Waals surface area contributed by atoms with Crippen LogP contribution in [-0.4, -0.2) is 12.7 Å². The highest BCUT2D eigenvalue weighted by Gasteiger charge is 2.26. The number of hydrogen-bond donors (Lipinski definition) is 1. The summed E-state index contributed by atoms with van der Waals surface area (Å²) < 4.78 is 9.76. The van der Waals surface area contributed by atoms with E-state index >= 15 is 0 Å². The quantitative estimate of drug-likeness (QED) is 0.728. The van der Waals surface area contributed by atoms with Crippen molar-refractivity contribution in [1.29, 1.82) is 0 Å². The molecule has 1 aliphatic heterocycles. The number of ether oxygens (including phenoxy) is 1. The van der Waals surface area contributed by atoms with E-state index < -0.39 is 6.09 Å². The van der Waals surface area contributed by atoms with Crippen molar-refractivity contribution in [3.8, 4) is 0 Å². The third-order valence-corrected chi connectivity index (χ3v) is 1.81. The van der Waals surface area contributed by atoms with E-state index in [1.54, 1.807) is 12.1 Å². The molecule has 1 amide bonds. The Morgan fingerprint density at radius 1 is 1.58 bits per heavy atom. The summed E-state index contributed by atoms with van der Waals surface area (Å²) in [5.41, 5.74) is 0. The summed E-state index contributed by atoms with van der Waals surface area (Å²) in [6, 6.07) is 3.13. The largest absolute Gasteiger partial charge is 0.447 e. The van der Waals surface area contributed by atoms with E-state index in [1.165, 1.54) is 0 Å². The summed E-state index contributed by atoms with van der Waals surface area (Å²) in [7, 11) is 0. The molecule has 64 valence electrons. The number of hydrogen-bond acceptors (Lipinski definition) is 3. The van der Waals surface area contributed by atoms with Crippen LogP contribution in [0.2, 0.25) is 5.22 Å². The molecule has 0 aromatic carbocycles. The highest BCUT2D eigenvalue weighted by molar-refractivity contribution is 6.28. The van der Waals surface area contributed by atoms with Crippen molar-refractivity contribution in [2.45, 2.75) is 6.04 Å². The number of halogens is 1. The maximum Gasteiger partial charge on any atom is 0.407 e. The summed E-state index contributed by atoms with van der Waals surface area (Å²) in [4.78, 5) is 10.6. The minimum atomic E-state index is -0.424. The van der Waals surface area contributed by atoms with Crippen molar-refractivity contribution < 1.29 is 13.9 Å². The number of cyclic esters (lactones) is 1. The second-order valence-electron chi connectivity index (χ2n) is 2.44. The third kappa shape index (κ3) is 1.25. The summed E-state index contributed by atoms with van der Waals surface area (Å²) in [6.07, 6.45) is -0.424. The minimum absolute atomic E-state index is 0.204. The van der Waals surface area contributed by atoms with Crippen molar-refractivity contribution in [3.63, 3.8) is 0 Å². The van der Waals surface area contributed by atoms with Crippen molar-refractivity contribution in [2.75, 3.05) is 6.61 Å². The van der Waals surface area contributed by atoms with Crippen LogP contribution in [0.3, 0.4) is 0 Å². The van der Waals surface area contributed by atoms with Gasteiger partial charge in [0.1, 0.15) is 18.4 Å². The maximum atomic E-state index is 10.6. The molecule has 4 nitrogen and oxygen atoms in total. The van der Waals surface area contributed by atoms with Gasteiger partial charge in [-0.25, -0.2) is 4.79 Å². The highest BCUT2D eigenvalue weighted by Crippen LogP contribution is 2.22. The van der Waals surface area contributed by atoms with E-state index in [0.717, 1.165) is 0 Å². The number of carbonyl (C=O) groups is 1. The van der Waals surface area contributed by atoms with Gasteiger partial charge in [0.15, 0.2) is 5.22 Å². The Kier molecular flexibility index (Phi) is 1.69. The van der Waals surface area contributed by atoms with Crippen molar-refractivity contribution in [1.82, 2.24) is 5.32 Å². The van der Waals surface area contributed by atoms with Crippen LogP contribution in [0.25, 0.3) is 0 Å². The van der Waals surface area contributed by atoms with Crippen LogP contribution < -0.4 is 5.32 Å². The van der Waals surface area contributed by atoms with Crippen LogP contribution in [0.15, 0.2) is 16.5 Å². The number of furan rings is 1. The van der Waals surface area contributed by atoms with Gasteiger partial charge in [-0.1, -0.05) is 0 Å². The summed E-state index contributed by atoms with van der Waals surface area (Å²) in [6.45, 7) is 0.294. The van der Waals surface area contributed by atoms with Gasteiger partial charge < -0.3 is 14.5 Å². The lowest BCUT2D eigenvalue weighted by Gasteiger charge is -2.00. The van der Waals surface area contributed by atoms with Gasteiger partial charge in [0, 0.05) is 0 Å². The zero-order valence-electron chi connectivity index (χ0n) is 6.04. The number of carbonyl (C=O) groups excluding carboxylic acids is 1. The molecule has 0 aliphatic carbocycles. The molecule has 1 unspecified atom stereocenters. The average molecular weight is 188 g/mol. The van der Waals surface area contributed by atoms with Gasteiger partial charge in [0.25, 0.3) is 0 Å². The topological polar surface area (TPSA) is 51.5 Å². The fraction of sp³-hybridized carbons (Fsp3) is 0.286. The second-order valence-corrected chi connectivity index (χ2v) is 2.81. The van der Waals surface area contributed by atoms with Crippen LogP contribution in [-0.2, 0) is 4.74 Å². The van der Waals surface area contributed by atoms with Crippen molar-refractivity contribution >= 4 is 17.7 Å². The first-order valence-electron chi connectivity index (χ1n) is 3.44. The molecular weight excluding hydrogens is 182 g/mol. The van der Waals surface area contributed by atoms with E-state index in [2.05, 4.69) is 10.1 Å². The van der Waals surface area contributed by atoms with E-state index in [0.29, 0.717) is 17.6 Å². The fourth-order valence-electron chi connectivity index (χ4n) is 1.05. The molecule has 1 aromatic rings. The number of nitrogens with one attached hydrogen (secondary N) is 1. The third-order valence-electron chi connectivity index (χ3n) is 1.61. The lowest BCUT2D eigenvalue weighted by Crippen LogP contribution is -2.17. The Morgan fingerprint density at radius 2 is 2.42 bits per heavy atom. The Bertz CT molecular complexity index is 309. The summed E-state index contributed by atoms with van der Waals surface area (Å²) in [5.74, 6) is 0.617. The standard InChI is InChI=1S/C7H6ClNO3/c8-6-2-1-5(12-6)4-3-11-7(10)9-4/h1-2,4H,3H2,(H,9,10). The lowest BCUT2D eigenvalue weighted by molar-refractivity contribution is 0.176. The Hall–Kier alpha value is -1.16. The number of alkyl carbamates (subject to hydrolysis) is 1. The summed E-state index contributed by atoms with van der Waals surface area (Å²) >= 11 is 5.56. The fourth-order valence-corrected chi connectivity index (χ4v) is 1.21. The zero-order chi connectivity index (χ0) is 8.55. The van der Waals surface area contributed by atoms with Gasteiger partial charge in [-0.3, -0.25) is 0 Å². The average Bonchev–Trinajstić information content (AvgIpc) is 2.58. The zero-order valence-corrected chi connectivity index (χ0v) is 6.80. The molecule has 0 spiro atoms. The van der Waals surface area contributed by atoms with Gasteiger partial charge in [-0.05, 0) is 23.7 Å². The van der Waals surface area contributed by atoms with Gasteiger partial charge in [0.2, 0.25) is 0 Å². The van der Waals surface area contributed by atoms with Crippen LogP contribution in [0.4, 0.5) is 4.79 Å². The van der Waals surface area contributed by atoms with Gasteiger partial charge in [0.05, 0.1) is 0 Å². The first-order chi connectivity index (χ1) is 5.75. The second kappa shape index (κ2) is 2.71. The molecule has 2 rings (SSSR count). The minimum Gasteiger partial charge on any atom is -0.447 e. The molecule has 1 atom stereocenters. The Morgan fingerprint density at radius 3 is 2.92 bits per heavy atom. The maximum absolute atomic E-state index is 10.6.